The van der Waals surface area contributed by atoms with Crippen molar-refractivity contribution in [3.63, 3.8) is 0 Å². The van der Waals surface area contributed by atoms with E-state index >= 15 is 0 Å². The molecule has 0 aromatic heterocycles. The third kappa shape index (κ3) is 1.44. The van der Waals surface area contributed by atoms with Crippen molar-refractivity contribution in [2.75, 3.05) is 45.9 Å². The Labute approximate surface area is 133 Å². The van der Waals surface area contributed by atoms with Gasteiger partial charge in [-0.1, -0.05) is 13.8 Å². The van der Waals surface area contributed by atoms with Crippen LogP contribution in [0.25, 0.3) is 11.1 Å². The van der Waals surface area contributed by atoms with E-state index in [9.17, 15) is 0 Å². The highest BCUT2D eigenvalue weighted by molar-refractivity contribution is 6.11. The van der Waals surface area contributed by atoms with Gasteiger partial charge in [-0.05, 0) is 11.1 Å². The summed E-state index contributed by atoms with van der Waals surface area (Å²) in [5.41, 5.74) is 53.3. The van der Waals surface area contributed by atoms with E-state index in [1.54, 1.807) is 0 Å². The van der Waals surface area contributed by atoms with Gasteiger partial charge in [0, 0.05) is 16.5 Å². The van der Waals surface area contributed by atoms with E-state index in [0.29, 0.717) is 33.9 Å². The van der Waals surface area contributed by atoms with Gasteiger partial charge in [0.1, 0.15) is 0 Å². The second kappa shape index (κ2) is 3.97. The lowest BCUT2D eigenvalue weighted by Gasteiger charge is -2.26. The van der Waals surface area contributed by atoms with Gasteiger partial charge in [-0.2, -0.15) is 0 Å². The normalized spacial score (nSPS) is 14.5. The Kier molecular flexibility index (Phi) is 2.55. The summed E-state index contributed by atoms with van der Waals surface area (Å²) in [5, 5.41) is 0. The number of hydrogen-bond donors (Lipinski definition) is 8. The summed E-state index contributed by atoms with van der Waals surface area (Å²) in [5.74, 6) is 0. The van der Waals surface area contributed by atoms with Crippen molar-refractivity contribution < 1.29 is 0 Å². The third-order valence-electron chi connectivity index (χ3n) is 4.82. The van der Waals surface area contributed by atoms with E-state index in [2.05, 4.69) is 0 Å². The molecule has 0 aliphatic heterocycles. The van der Waals surface area contributed by atoms with E-state index in [4.69, 9.17) is 45.9 Å². The van der Waals surface area contributed by atoms with Crippen LogP contribution in [-0.4, -0.2) is 0 Å². The Balaban J connectivity index is 2.63. The first-order chi connectivity index (χ1) is 10.5. The Morgan fingerprint density at radius 2 is 0.696 bits per heavy atom. The lowest BCUT2D eigenvalue weighted by Crippen LogP contribution is -2.21. The molecular weight excluding hydrogens is 292 g/mol. The summed E-state index contributed by atoms with van der Waals surface area (Å²) in [7, 11) is 0. The molecule has 23 heavy (non-hydrogen) atoms. The van der Waals surface area contributed by atoms with Gasteiger partial charge in [0.15, 0.2) is 0 Å². The summed E-state index contributed by atoms with van der Waals surface area (Å²) < 4.78 is 0. The zero-order valence-corrected chi connectivity index (χ0v) is 13.1. The fraction of sp³-hybridized carbons (Fsp3) is 0.200. The van der Waals surface area contributed by atoms with Gasteiger partial charge in [-0.3, -0.25) is 0 Å². The van der Waals surface area contributed by atoms with E-state index in [-0.39, 0.29) is 22.7 Å². The van der Waals surface area contributed by atoms with Gasteiger partial charge in [-0.15, -0.1) is 0 Å². The second-order valence-corrected chi connectivity index (χ2v) is 6.43. The monoisotopic (exact) mass is 314 g/mol. The first-order valence-electron chi connectivity index (χ1n) is 7.06. The van der Waals surface area contributed by atoms with Crippen molar-refractivity contribution in [3.8, 4) is 11.1 Å². The van der Waals surface area contributed by atoms with E-state index in [0.717, 1.165) is 11.1 Å². The minimum atomic E-state index is -0.593. The van der Waals surface area contributed by atoms with Gasteiger partial charge < -0.3 is 45.9 Å². The molecule has 0 saturated heterocycles. The van der Waals surface area contributed by atoms with Crippen LogP contribution < -0.4 is 45.9 Å². The molecule has 2 aromatic carbocycles. The fourth-order valence-corrected chi connectivity index (χ4v) is 3.60. The van der Waals surface area contributed by atoms with Crippen LogP contribution in [0.4, 0.5) is 45.5 Å². The number of nitrogen functional groups attached to an aromatic ring is 8. The lowest BCUT2D eigenvalue weighted by molar-refractivity contribution is 0.666. The molecule has 16 N–H and O–H groups in total. The molecule has 0 spiro atoms. The maximum absolute atomic E-state index is 6.23. The molecule has 0 saturated carbocycles. The highest BCUT2D eigenvalue weighted by Crippen LogP contribution is 2.61. The van der Waals surface area contributed by atoms with Crippen molar-refractivity contribution in [1.82, 2.24) is 0 Å². The second-order valence-electron chi connectivity index (χ2n) is 6.43. The topological polar surface area (TPSA) is 208 Å². The zero-order chi connectivity index (χ0) is 17.4. The van der Waals surface area contributed by atoms with Crippen molar-refractivity contribution in [2.24, 2.45) is 0 Å². The SMILES string of the molecule is CC1(C)c2c(N)c(N)c(N)c(N)c2-c2c(N)c(N)c(N)c(N)c21. The average Bonchev–Trinajstić information content (AvgIpc) is 2.74. The molecule has 0 bridgehead atoms. The Hall–Kier alpha value is -3.16. The van der Waals surface area contributed by atoms with Crippen molar-refractivity contribution in [1.29, 1.82) is 0 Å². The van der Waals surface area contributed by atoms with Gasteiger partial charge >= 0.3 is 0 Å². The fourth-order valence-electron chi connectivity index (χ4n) is 3.60. The molecule has 0 unspecified atom stereocenters. The number of nitrogens with two attached hydrogens (primary N) is 8. The maximum Gasteiger partial charge on any atom is 0.0809 e. The summed E-state index contributed by atoms with van der Waals surface area (Å²) in [4.78, 5) is 0. The van der Waals surface area contributed by atoms with Crippen LogP contribution in [0.1, 0.15) is 25.0 Å². The summed E-state index contributed by atoms with van der Waals surface area (Å²) >= 11 is 0. The van der Waals surface area contributed by atoms with Gasteiger partial charge in [0.25, 0.3) is 0 Å². The minimum absolute atomic E-state index is 0.221. The molecule has 1 aliphatic carbocycles. The van der Waals surface area contributed by atoms with Crippen LogP contribution in [0, 0.1) is 0 Å². The molecule has 1 aliphatic rings. The molecule has 0 heterocycles. The number of benzene rings is 2. The summed E-state index contributed by atoms with van der Waals surface area (Å²) in [6.45, 7) is 3.91. The summed E-state index contributed by atoms with van der Waals surface area (Å²) in [6, 6.07) is 0. The quantitative estimate of drug-likeness (QED) is 0.323. The standard InChI is InChI=1S/C15H22N8/c1-15(2)5-3(7(16)11(20)13(22)9(5)18)4-6(15)10(19)14(23)12(21)8(4)17/h16-23H2,1-2H3. The van der Waals surface area contributed by atoms with Crippen LogP contribution >= 0.6 is 0 Å². The number of hydrogen-bond acceptors (Lipinski definition) is 8. The zero-order valence-electron chi connectivity index (χ0n) is 13.1. The molecule has 2 aromatic rings. The molecule has 8 heteroatoms. The predicted molar refractivity (Wildman–Crippen MR) is 99.3 cm³/mol. The van der Waals surface area contributed by atoms with Gasteiger partial charge in [0.05, 0.1) is 45.5 Å². The number of rotatable bonds is 0. The summed E-state index contributed by atoms with van der Waals surface area (Å²) in [6.07, 6.45) is 0. The van der Waals surface area contributed by atoms with E-state index < -0.39 is 5.41 Å². The molecule has 0 fully saturated rings. The lowest BCUT2D eigenvalue weighted by atomic mass is 9.80. The molecule has 122 valence electrons. The Morgan fingerprint density at radius 1 is 0.435 bits per heavy atom. The van der Waals surface area contributed by atoms with Crippen molar-refractivity contribution in [3.05, 3.63) is 11.1 Å². The predicted octanol–water partition coefficient (Wildman–Crippen LogP) is 0.651. The largest absolute Gasteiger partial charge is 0.397 e. The van der Waals surface area contributed by atoms with Crippen LogP contribution in [-0.2, 0) is 5.41 Å². The Bertz CT molecular complexity index is 811. The van der Waals surface area contributed by atoms with E-state index in [1.807, 2.05) is 13.8 Å². The highest BCUT2D eigenvalue weighted by Gasteiger charge is 2.44. The van der Waals surface area contributed by atoms with Crippen LogP contribution in [0.5, 0.6) is 0 Å². The van der Waals surface area contributed by atoms with Crippen molar-refractivity contribution in [2.45, 2.75) is 19.3 Å². The highest BCUT2D eigenvalue weighted by atomic mass is 14.8. The average molecular weight is 314 g/mol. The number of fused-ring (bicyclic) bond motifs is 3. The maximum atomic E-state index is 6.23. The van der Waals surface area contributed by atoms with Gasteiger partial charge in [-0.25, -0.2) is 0 Å². The Morgan fingerprint density at radius 3 is 1.00 bits per heavy atom. The smallest absolute Gasteiger partial charge is 0.0809 e. The minimum Gasteiger partial charge on any atom is -0.397 e. The number of anilines is 8. The van der Waals surface area contributed by atoms with Crippen LogP contribution in [0.2, 0.25) is 0 Å². The first-order valence-corrected chi connectivity index (χ1v) is 7.06. The molecule has 0 amide bonds. The third-order valence-corrected chi connectivity index (χ3v) is 4.82. The molecular formula is C15H22N8. The van der Waals surface area contributed by atoms with Gasteiger partial charge in [0.2, 0.25) is 0 Å². The van der Waals surface area contributed by atoms with Crippen LogP contribution in [0.3, 0.4) is 0 Å². The molecule has 3 rings (SSSR count). The molecule has 0 radical (unpaired) electrons. The van der Waals surface area contributed by atoms with Crippen molar-refractivity contribution >= 4 is 45.5 Å². The van der Waals surface area contributed by atoms with E-state index in [1.165, 1.54) is 0 Å². The molecule has 8 nitrogen and oxygen atoms in total. The van der Waals surface area contributed by atoms with Crippen LogP contribution in [0.15, 0.2) is 0 Å². The first kappa shape index (κ1) is 14.8. The molecule has 0 atom stereocenters.